The van der Waals surface area contributed by atoms with Gasteiger partial charge in [-0.25, -0.2) is 4.21 Å². The highest BCUT2D eigenvalue weighted by molar-refractivity contribution is 7.74. The van der Waals surface area contributed by atoms with Gasteiger partial charge in [-0.1, -0.05) is 29.8 Å². The first-order valence-electron chi connectivity index (χ1n) is 3.46. The van der Waals surface area contributed by atoms with Crippen LogP contribution in [0.15, 0.2) is 24.3 Å². The lowest BCUT2D eigenvalue weighted by Gasteiger charge is -2.05. The molecule has 1 rings (SSSR count). The van der Waals surface area contributed by atoms with E-state index >= 15 is 0 Å². The third-order valence-electron chi connectivity index (χ3n) is 1.44. The predicted octanol–water partition coefficient (Wildman–Crippen LogP) is 1.31. The van der Waals surface area contributed by atoms with Crippen molar-refractivity contribution < 1.29 is 12.9 Å². The zero-order valence-corrected chi connectivity index (χ0v) is 7.47. The summed E-state index contributed by atoms with van der Waals surface area (Å²) >= 11 is -2.42. The second kappa shape index (κ2) is 4.35. The van der Waals surface area contributed by atoms with Crippen molar-refractivity contribution in [3.63, 3.8) is 0 Å². The fraction of sp³-hybridized carbons (Fsp3) is 0.250. The van der Waals surface area contributed by atoms with Crippen molar-refractivity contribution in [1.29, 1.82) is 0 Å². The molecular formula is C8H9O3S-. The second-order valence-electron chi connectivity index (χ2n) is 2.45. The molecule has 0 bridgehead atoms. The molecule has 0 spiro atoms. The van der Waals surface area contributed by atoms with Crippen LogP contribution in [-0.2, 0) is 22.2 Å². The van der Waals surface area contributed by atoms with Crippen LogP contribution in [0.1, 0.15) is 11.1 Å². The molecule has 0 heterocycles. The van der Waals surface area contributed by atoms with E-state index in [4.69, 9.17) is 0 Å². The Morgan fingerprint density at radius 2 is 2.00 bits per heavy atom. The molecular weight excluding hydrogens is 176 g/mol. The fourth-order valence-electron chi connectivity index (χ4n) is 0.800. The molecule has 1 atom stereocenters. The maximum absolute atomic E-state index is 10.0. The van der Waals surface area contributed by atoms with E-state index in [1.165, 1.54) is 0 Å². The quantitative estimate of drug-likeness (QED) is 0.667. The minimum atomic E-state index is -2.42. The zero-order chi connectivity index (χ0) is 8.97. The molecule has 4 heteroatoms. The van der Waals surface area contributed by atoms with Gasteiger partial charge in [0.2, 0.25) is 0 Å². The Balaban J connectivity index is 2.53. The Morgan fingerprint density at radius 1 is 1.42 bits per heavy atom. The summed E-state index contributed by atoms with van der Waals surface area (Å²) in [7, 11) is 0. The standard InChI is InChI=1S/C8H10O3S/c1-7-2-4-8(5-3-7)6-11-12(9)10/h2-5H,6H2,1H3,(H,9,10)/p-1. The van der Waals surface area contributed by atoms with Gasteiger partial charge in [-0.15, -0.1) is 0 Å². The first kappa shape index (κ1) is 9.38. The second-order valence-corrected chi connectivity index (χ2v) is 3.10. The molecule has 0 saturated carbocycles. The molecule has 1 aromatic rings. The maximum atomic E-state index is 10.0. The van der Waals surface area contributed by atoms with Gasteiger partial charge in [0, 0.05) is 0 Å². The largest absolute Gasteiger partial charge is 0.750 e. The van der Waals surface area contributed by atoms with Crippen molar-refractivity contribution in [2.24, 2.45) is 0 Å². The molecule has 0 aliphatic carbocycles. The van der Waals surface area contributed by atoms with Crippen molar-refractivity contribution in [2.45, 2.75) is 13.5 Å². The van der Waals surface area contributed by atoms with Crippen LogP contribution in [0.2, 0.25) is 0 Å². The van der Waals surface area contributed by atoms with E-state index in [0.717, 1.165) is 11.1 Å². The van der Waals surface area contributed by atoms with Gasteiger partial charge in [0.1, 0.15) is 0 Å². The van der Waals surface area contributed by atoms with Crippen LogP contribution in [0.25, 0.3) is 0 Å². The molecule has 0 aromatic heterocycles. The summed E-state index contributed by atoms with van der Waals surface area (Å²) in [6, 6.07) is 7.49. The van der Waals surface area contributed by atoms with E-state index in [1.54, 1.807) is 0 Å². The van der Waals surface area contributed by atoms with Crippen molar-refractivity contribution in [1.82, 2.24) is 0 Å². The Bertz CT molecular complexity index is 268. The Hall–Kier alpha value is -0.710. The lowest BCUT2D eigenvalue weighted by molar-refractivity contribution is 0.291. The molecule has 0 fully saturated rings. The van der Waals surface area contributed by atoms with Gasteiger partial charge in [-0.3, -0.25) is 4.18 Å². The van der Waals surface area contributed by atoms with Crippen LogP contribution in [0.4, 0.5) is 0 Å². The van der Waals surface area contributed by atoms with Crippen LogP contribution in [0.3, 0.4) is 0 Å². The number of hydrogen-bond acceptors (Lipinski definition) is 3. The fourth-order valence-corrected chi connectivity index (χ4v) is 1.03. The van der Waals surface area contributed by atoms with E-state index in [9.17, 15) is 8.76 Å². The van der Waals surface area contributed by atoms with Crippen molar-refractivity contribution in [3.05, 3.63) is 35.4 Å². The predicted molar refractivity (Wildman–Crippen MR) is 44.9 cm³/mol. The van der Waals surface area contributed by atoms with E-state index in [1.807, 2.05) is 31.2 Å². The van der Waals surface area contributed by atoms with Crippen LogP contribution < -0.4 is 0 Å². The minimum absolute atomic E-state index is 0.108. The van der Waals surface area contributed by atoms with E-state index in [0.29, 0.717) is 0 Å². The Labute approximate surface area is 73.9 Å². The average Bonchev–Trinajstić information content (AvgIpc) is 2.03. The lowest BCUT2D eigenvalue weighted by Crippen LogP contribution is -1.95. The minimum Gasteiger partial charge on any atom is -0.750 e. The molecule has 1 unspecified atom stereocenters. The van der Waals surface area contributed by atoms with E-state index in [-0.39, 0.29) is 6.61 Å². The van der Waals surface area contributed by atoms with Crippen LogP contribution in [-0.4, -0.2) is 8.76 Å². The normalized spacial score (nSPS) is 12.8. The Morgan fingerprint density at radius 3 is 2.50 bits per heavy atom. The number of hydrogen-bond donors (Lipinski definition) is 0. The van der Waals surface area contributed by atoms with Gasteiger partial charge in [-0.2, -0.15) is 0 Å². The number of benzene rings is 1. The maximum Gasteiger partial charge on any atom is 0.0879 e. The van der Waals surface area contributed by atoms with E-state index in [2.05, 4.69) is 4.18 Å². The molecule has 0 N–H and O–H groups in total. The van der Waals surface area contributed by atoms with Crippen molar-refractivity contribution in [2.75, 3.05) is 0 Å². The SMILES string of the molecule is Cc1ccc(COS(=O)[O-])cc1. The molecule has 0 aliphatic rings. The highest BCUT2D eigenvalue weighted by Gasteiger charge is 1.91. The topological polar surface area (TPSA) is 49.4 Å². The first-order valence-corrected chi connectivity index (χ1v) is 4.46. The summed E-state index contributed by atoms with van der Waals surface area (Å²) in [6.07, 6.45) is 0. The van der Waals surface area contributed by atoms with E-state index < -0.39 is 11.4 Å². The van der Waals surface area contributed by atoms with Crippen LogP contribution in [0.5, 0.6) is 0 Å². The third kappa shape index (κ3) is 3.13. The van der Waals surface area contributed by atoms with Gasteiger partial charge in [-0.05, 0) is 12.5 Å². The van der Waals surface area contributed by atoms with Crippen LogP contribution in [0, 0.1) is 6.92 Å². The zero-order valence-electron chi connectivity index (χ0n) is 6.65. The van der Waals surface area contributed by atoms with Crippen molar-refractivity contribution in [3.8, 4) is 0 Å². The summed E-state index contributed by atoms with van der Waals surface area (Å²) in [6.45, 7) is 2.08. The summed E-state index contributed by atoms with van der Waals surface area (Å²) in [5.41, 5.74) is 1.99. The average molecular weight is 185 g/mol. The molecule has 0 aliphatic heterocycles. The monoisotopic (exact) mass is 185 g/mol. The third-order valence-corrected chi connectivity index (χ3v) is 1.75. The van der Waals surface area contributed by atoms with Gasteiger partial charge in [0.15, 0.2) is 0 Å². The molecule has 0 radical (unpaired) electrons. The number of rotatable bonds is 3. The van der Waals surface area contributed by atoms with Crippen LogP contribution >= 0.6 is 0 Å². The molecule has 12 heavy (non-hydrogen) atoms. The van der Waals surface area contributed by atoms with Gasteiger partial charge < -0.3 is 4.55 Å². The molecule has 3 nitrogen and oxygen atoms in total. The highest BCUT2D eigenvalue weighted by atomic mass is 32.2. The molecule has 66 valence electrons. The summed E-state index contributed by atoms with van der Waals surface area (Å²) < 4.78 is 24.4. The van der Waals surface area contributed by atoms with Gasteiger partial charge in [0.05, 0.1) is 18.0 Å². The summed E-state index contributed by atoms with van der Waals surface area (Å²) in [5, 5.41) is 0. The smallest absolute Gasteiger partial charge is 0.0879 e. The molecule has 0 amide bonds. The number of aryl methyl sites for hydroxylation is 1. The van der Waals surface area contributed by atoms with Gasteiger partial charge in [0.25, 0.3) is 0 Å². The van der Waals surface area contributed by atoms with Crippen molar-refractivity contribution >= 4 is 11.4 Å². The summed E-state index contributed by atoms with van der Waals surface area (Å²) in [4.78, 5) is 0. The Kier molecular flexibility index (Phi) is 3.40. The first-order chi connectivity index (χ1) is 5.68. The lowest BCUT2D eigenvalue weighted by atomic mass is 10.2. The highest BCUT2D eigenvalue weighted by Crippen LogP contribution is 2.04. The molecule has 1 aromatic carbocycles. The van der Waals surface area contributed by atoms with Gasteiger partial charge >= 0.3 is 0 Å². The molecule has 0 saturated heterocycles. The summed E-state index contributed by atoms with van der Waals surface area (Å²) in [5.74, 6) is 0.